The van der Waals surface area contributed by atoms with Gasteiger partial charge in [0, 0.05) is 18.5 Å². The molecule has 1 aromatic carbocycles. The number of nitrogens with zero attached hydrogens (tertiary/aromatic N) is 1. The Hall–Kier alpha value is -1.51. The predicted octanol–water partition coefficient (Wildman–Crippen LogP) is 2.88. The van der Waals surface area contributed by atoms with Gasteiger partial charge >= 0.3 is 0 Å². The van der Waals surface area contributed by atoms with Gasteiger partial charge in [-0.1, -0.05) is 32.0 Å². The third-order valence-electron chi connectivity index (χ3n) is 3.80. The molecule has 1 fully saturated rings. The van der Waals surface area contributed by atoms with Crippen LogP contribution in [0.1, 0.15) is 32.3 Å². The van der Waals surface area contributed by atoms with Crippen molar-refractivity contribution in [3.05, 3.63) is 29.8 Å². The summed E-state index contributed by atoms with van der Waals surface area (Å²) < 4.78 is 5.40. The Kier molecular flexibility index (Phi) is 4.46. The molecule has 1 heterocycles. The number of methoxy groups -OCH3 is 1. The van der Waals surface area contributed by atoms with E-state index in [0.29, 0.717) is 6.04 Å². The molecule has 0 radical (unpaired) electrons. The highest BCUT2D eigenvalue weighted by molar-refractivity contribution is 5.78. The van der Waals surface area contributed by atoms with Gasteiger partial charge in [-0.25, -0.2) is 0 Å². The van der Waals surface area contributed by atoms with Crippen LogP contribution in [-0.4, -0.2) is 30.5 Å². The maximum Gasteiger partial charge on any atom is 0.225 e. The van der Waals surface area contributed by atoms with Crippen molar-refractivity contribution >= 4 is 5.91 Å². The summed E-state index contributed by atoms with van der Waals surface area (Å²) in [7, 11) is 1.70. The lowest BCUT2D eigenvalue weighted by Crippen LogP contribution is -2.39. The summed E-state index contributed by atoms with van der Waals surface area (Å²) in [5.41, 5.74) is 1.19. The lowest BCUT2D eigenvalue weighted by molar-refractivity contribution is -0.135. The van der Waals surface area contributed by atoms with Crippen LogP contribution in [0.4, 0.5) is 0 Å². The third-order valence-corrected chi connectivity index (χ3v) is 3.80. The molecule has 1 aliphatic heterocycles. The van der Waals surface area contributed by atoms with E-state index in [4.69, 9.17) is 4.74 Å². The van der Waals surface area contributed by atoms with Crippen LogP contribution < -0.4 is 4.74 Å². The summed E-state index contributed by atoms with van der Waals surface area (Å²) in [6.45, 7) is 4.85. The molecule has 2 rings (SSSR count). The van der Waals surface area contributed by atoms with Crippen molar-refractivity contribution in [2.75, 3.05) is 13.7 Å². The fourth-order valence-corrected chi connectivity index (χ4v) is 2.80. The van der Waals surface area contributed by atoms with Gasteiger partial charge in [0.2, 0.25) is 5.91 Å². The van der Waals surface area contributed by atoms with Crippen molar-refractivity contribution in [1.82, 2.24) is 4.90 Å². The van der Waals surface area contributed by atoms with Crippen LogP contribution in [-0.2, 0) is 11.2 Å². The zero-order chi connectivity index (χ0) is 13.8. The molecule has 19 heavy (non-hydrogen) atoms. The molecule has 0 aliphatic carbocycles. The van der Waals surface area contributed by atoms with E-state index >= 15 is 0 Å². The number of hydrogen-bond donors (Lipinski definition) is 0. The van der Waals surface area contributed by atoms with Gasteiger partial charge in [0.1, 0.15) is 5.75 Å². The lowest BCUT2D eigenvalue weighted by atomic mass is 10.0. The molecule has 0 N–H and O–H groups in total. The Morgan fingerprint density at radius 3 is 2.84 bits per heavy atom. The van der Waals surface area contributed by atoms with Crippen LogP contribution in [0, 0.1) is 5.92 Å². The first-order chi connectivity index (χ1) is 9.13. The summed E-state index contributed by atoms with van der Waals surface area (Å²) in [5.74, 6) is 1.28. The summed E-state index contributed by atoms with van der Waals surface area (Å²) in [6, 6.07) is 8.41. The highest BCUT2D eigenvalue weighted by atomic mass is 16.5. The summed E-state index contributed by atoms with van der Waals surface area (Å²) in [6.07, 6.45) is 3.09. The molecule has 1 aromatic rings. The predicted molar refractivity (Wildman–Crippen MR) is 76.3 cm³/mol. The first-order valence-corrected chi connectivity index (χ1v) is 7.06. The van der Waals surface area contributed by atoms with E-state index in [1.807, 2.05) is 32.0 Å². The van der Waals surface area contributed by atoms with E-state index in [0.717, 1.165) is 31.6 Å². The number of para-hydroxylation sites is 1. The zero-order valence-electron chi connectivity index (χ0n) is 12.1. The van der Waals surface area contributed by atoms with Crippen molar-refractivity contribution in [1.29, 1.82) is 0 Å². The number of carbonyl (C=O) groups is 1. The second kappa shape index (κ2) is 6.09. The quantitative estimate of drug-likeness (QED) is 0.834. The second-order valence-corrected chi connectivity index (χ2v) is 5.50. The van der Waals surface area contributed by atoms with Gasteiger partial charge in [0.25, 0.3) is 0 Å². The van der Waals surface area contributed by atoms with Crippen LogP contribution in [0.15, 0.2) is 24.3 Å². The molecule has 0 spiro atoms. The summed E-state index contributed by atoms with van der Waals surface area (Å²) in [4.78, 5) is 14.2. The number of likely N-dealkylation sites (tertiary alicyclic amines) is 1. The minimum absolute atomic E-state index is 0.0817. The highest BCUT2D eigenvalue weighted by Crippen LogP contribution is 2.26. The zero-order valence-corrected chi connectivity index (χ0v) is 12.1. The van der Waals surface area contributed by atoms with Gasteiger partial charge in [-0.3, -0.25) is 4.79 Å². The fourth-order valence-electron chi connectivity index (χ4n) is 2.80. The van der Waals surface area contributed by atoms with E-state index in [1.165, 1.54) is 5.56 Å². The maximum atomic E-state index is 12.2. The average molecular weight is 261 g/mol. The Morgan fingerprint density at radius 2 is 2.16 bits per heavy atom. The van der Waals surface area contributed by atoms with Crippen LogP contribution in [0.2, 0.25) is 0 Å². The largest absolute Gasteiger partial charge is 0.496 e. The van der Waals surface area contributed by atoms with Crippen molar-refractivity contribution in [3.63, 3.8) is 0 Å². The maximum absolute atomic E-state index is 12.2. The van der Waals surface area contributed by atoms with Gasteiger partial charge < -0.3 is 9.64 Å². The molecule has 1 saturated heterocycles. The topological polar surface area (TPSA) is 29.5 Å². The molecule has 0 saturated carbocycles. The normalized spacial score (nSPS) is 18.9. The molecule has 0 aromatic heterocycles. The minimum atomic E-state index is 0.0817. The Labute approximate surface area is 115 Å². The monoisotopic (exact) mass is 261 g/mol. The first-order valence-electron chi connectivity index (χ1n) is 7.06. The molecule has 3 nitrogen and oxygen atoms in total. The molecular weight excluding hydrogens is 238 g/mol. The fraction of sp³-hybridized carbons (Fsp3) is 0.562. The Bertz CT molecular complexity index is 442. The number of rotatable bonds is 4. The van der Waals surface area contributed by atoms with Crippen LogP contribution >= 0.6 is 0 Å². The molecule has 3 heteroatoms. The molecule has 1 atom stereocenters. The number of ether oxygens (including phenoxy) is 1. The number of amides is 1. The molecule has 0 unspecified atom stereocenters. The Morgan fingerprint density at radius 1 is 1.42 bits per heavy atom. The summed E-state index contributed by atoms with van der Waals surface area (Å²) in [5, 5.41) is 0. The lowest BCUT2D eigenvalue weighted by Gasteiger charge is -2.27. The van der Waals surface area contributed by atoms with E-state index < -0.39 is 0 Å². The van der Waals surface area contributed by atoms with Crippen molar-refractivity contribution in [2.24, 2.45) is 5.92 Å². The molecule has 0 bridgehead atoms. The summed E-state index contributed by atoms with van der Waals surface area (Å²) >= 11 is 0. The van der Waals surface area contributed by atoms with Crippen molar-refractivity contribution in [3.8, 4) is 5.75 Å². The Balaban J connectivity index is 2.11. The number of benzene rings is 1. The van der Waals surface area contributed by atoms with Gasteiger partial charge in [0.05, 0.1) is 7.11 Å². The van der Waals surface area contributed by atoms with Crippen molar-refractivity contribution < 1.29 is 9.53 Å². The van der Waals surface area contributed by atoms with Crippen LogP contribution in [0.25, 0.3) is 0 Å². The molecular formula is C16H23NO2. The van der Waals surface area contributed by atoms with Crippen molar-refractivity contribution in [2.45, 2.75) is 39.2 Å². The van der Waals surface area contributed by atoms with Gasteiger partial charge in [-0.15, -0.1) is 0 Å². The second-order valence-electron chi connectivity index (χ2n) is 5.50. The first kappa shape index (κ1) is 13.9. The van der Waals surface area contributed by atoms with Gasteiger partial charge in [0.15, 0.2) is 0 Å². The average Bonchev–Trinajstić information content (AvgIpc) is 2.86. The van der Waals surface area contributed by atoms with E-state index in [1.54, 1.807) is 7.11 Å². The number of carbonyl (C=O) groups excluding carboxylic acids is 1. The van der Waals surface area contributed by atoms with E-state index in [2.05, 4.69) is 11.0 Å². The highest BCUT2D eigenvalue weighted by Gasteiger charge is 2.30. The third kappa shape index (κ3) is 3.09. The molecule has 104 valence electrons. The smallest absolute Gasteiger partial charge is 0.225 e. The van der Waals surface area contributed by atoms with Crippen LogP contribution in [0.5, 0.6) is 5.75 Å². The molecule has 1 amide bonds. The van der Waals surface area contributed by atoms with E-state index in [-0.39, 0.29) is 11.8 Å². The van der Waals surface area contributed by atoms with Gasteiger partial charge in [-0.05, 0) is 30.9 Å². The molecule has 1 aliphatic rings. The minimum Gasteiger partial charge on any atom is -0.496 e. The standard InChI is InChI=1S/C16H23NO2/c1-12(2)16(18)17-10-6-8-14(17)11-13-7-4-5-9-15(13)19-3/h4-5,7,9,12,14H,6,8,10-11H2,1-3H3/t14-/m1/s1. The SMILES string of the molecule is COc1ccccc1C[C@H]1CCCN1C(=O)C(C)C. The van der Waals surface area contributed by atoms with E-state index in [9.17, 15) is 4.79 Å². The number of hydrogen-bond acceptors (Lipinski definition) is 2. The van der Waals surface area contributed by atoms with Crippen LogP contribution in [0.3, 0.4) is 0 Å². The van der Waals surface area contributed by atoms with Gasteiger partial charge in [-0.2, -0.15) is 0 Å².